The number of amides is 2. The number of thioether (sulfide) groups is 1. The maximum atomic E-state index is 12.7. The molecule has 2 amide bonds. The van der Waals surface area contributed by atoms with Crippen LogP contribution in [0.1, 0.15) is 17.8 Å². The molecule has 1 saturated heterocycles. The second-order valence-corrected chi connectivity index (χ2v) is 6.68. The van der Waals surface area contributed by atoms with E-state index < -0.39 is 5.25 Å². The quantitative estimate of drug-likeness (QED) is 0.627. The number of carbonyl (C=O) groups excluding carboxylic acids is 2. The first-order chi connectivity index (χ1) is 11.5. The van der Waals surface area contributed by atoms with Crippen LogP contribution in [0.5, 0.6) is 5.75 Å². The van der Waals surface area contributed by atoms with E-state index in [-0.39, 0.29) is 18.2 Å². The molecule has 1 aliphatic heterocycles. The van der Waals surface area contributed by atoms with Crippen LogP contribution in [0.25, 0.3) is 0 Å². The first-order valence-corrected chi connectivity index (χ1v) is 8.35. The highest BCUT2D eigenvalue weighted by molar-refractivity contribution is 8.00. The molecule has 0 spiro atoms. The summed E-state index contributed by atoms with van der Waals surface area (Å²) < 4.78 is 5.16. The number of aryl methyl sites for hydroxylation is 2. The Morgan fingerprint density at radius 2 is 1.88 bits per heavy atom. The first kappa shape index (κ1) is 16.4. The number of methoxy groups -OCH3 is 1. The Labute approximate surface area is 144 Å². The number of anilines is 1. The highest BCUT2D eigenvalue weighted by Gasteiger charge is 2.40. The fourth-order valence-corrected chi connectivity index (χ4v) is 3.67. The Kier molecular flexibility index (Phi) is 4.53. The van der Waals surface area contributed by atoms with Gasteiger partial charge >= 0.3 is 0 Å². The zero-order valence-electron chi connectivity index (χ0n) is 13.6. The third-order valence-electron chi connectivity index (χ3n) is 3.63. The molecule has 124 valence electrons. The molecule has 0 bridgehead atoms. The molecule has 0 unspecified atom stereocenters. The van der Waals surface area contributed by atoms with Crippen LogP contribution in [0, 0.1) is 13.8 Å². The second-order valence-electron chi connectivity index (χ2n) is 5.51. The third-order valence-corrected chi connectivity index (χ3v) is 4.67. The van der Waals surface area contributed by atoms with Gasteiger partial charge in [0.25, 0.3) is 0 Å². The summed E-state index contributed by atoms with van der Waals surface area (Å²) in [4.78, 5) is 34.9. The number of nitrogens with zero attached hydrogens (tertiary/aromatic N) is 3. The van der Waals surface area contributed by atoms with Gasteiger partial charge in [-0.05, 0) is 32.0 Å². The summed E-state index contributed by atoms with van der Waals surface area (Å²) in [5.41, 5.74) is 2.20. The van der Waals surface area contributed by atoms with E-state index in [1.54, 1.807) is 31.4 Å². The summed E-state index contributed by atoms with van der Waals surface area (Å²) in [6.45, 7) is 3.76. The van der Waals surface area contributed by atoms with E-state index in [9.17, 15) is 9.59 Å². The van der Waals surface area contributed by atoms with Crippen LogP contribution in [-0.4, -0.2) is 34.1 Å². The minimum Gasteiger partial charge on any atom is -0.497 e. The van der Waals surface area contributed by atoms with E-state index in [4.69, 9.17) is 4.74 Å². The van der Waals surface area contributed by atoms with Crippen molar-refractivity contribution in [2.45, 2.75) is 30.7 Å². The average molecular weight is 343 g/mol. The van der Waals surface area contributed by atoms with Gasteiger partial charge in [0.2, 0.25) is 11.8 Å². The number of benzene rings is 1. The molecule has 1 aromatic carbocycles. The summed E-state index contributed by atoms with van der Waals surface area (Å²) in [6.07, 6.45) is 0.136. The maximum Gasteiger partial charge on any atom is 0.247 e. The molecule has 0 N–H and O–H groups in total. The molecule has 2 aromatic rings. The Bertz CT molecular complexity index is 789. The Hall–Kier alpha value is -2.41. The fourth-order valence-electron chi connectivity index (χ4n) is 2.59. The number of hydrogen-bond acceptors (Lipinski definition) is 6. The molecule has 0 saturated carbocycles. The molecule has 1 aromatic heterocycles. The van der Waals surface area contributed by atoms with Crippen LogP contribution in [-0.2, 0) is 9.59 Å². The van der Waals surface area contributed by atoms with Crippen molar-refractivity contribution in [1.29, 1.82) is 0 Å². The van der Waals surface area contributed by atoms with Crippen molar-refractivity contribution in [2.24, 2.45) is 0 Å². The van der Waals surface area contributed by atoms with Crippen LogP contribution in [0.15, 0.2) is 35.5 Å². The van der Waals surface area contributed by atoms with Crippen molar-refractivity contribution in [3.05, 3.63) is 41.7 Å². The average Bonchev–Trinajstić information content (AvgIpc) is 2.80. The van der Waals surface area contributed by atoms with Gasteiger partial charge in [0.1, 0.15) is 11.0 Å². The molecule has 7 heteroatoms. The first-order valence-electron chi connectivity index (χ1n) is 7.47. The SMILES string of the molecule is COc1cccc(N2C(=O)C[C@H](Sc3nc(C)cc(C)n3)C2=O)c1. The van der Waals surface area contributed by atoms with Crippen molar-refractivity contribution < 1.29 is 14.3 Å². The highest BCUT2D eigenvalue weighted by Crippen LogP contribution is 2.33. The summed E-state index contributed by atoms with van der Waals surface area (Å²) in [5.74, 6) is 0.123. The summed E-state index contributed by atoms with van der Waals surface area (Å²) >= 11 is 1.23. The largest absolute Gasteiger partial charge is 0.497 e. The number of rotatable bonds is 4. The topological polar surface area (TPSA) is 72.4 Å². The van der Waals surface area contributed by atoms with Crippen LogP contribution < -0.4 is 9.64 Å². The van der Waals surface area contributed by atoms with Gasteiger partial charge in [0.05, 0.1) is 12.8 Å². The molecular weight excluding hydrogens is 326 g/mol. The van der Waals surface area contributed by atoms with E-state index in [1.807, 2.05) is 19.9 Å². The summed E-state index contributed by atoms with van der Waals surface area (Å²) in [7, 11) is 1.54. The molecule has 1 fully saturated rings. The van der Waals surface area contributed by atoms with Crippen LogP contribution in [0.2, 0.25) is 0 Å². The lowest BCUT2D eigenvalue weighted by Crippen LogP contribution is -2.31. The van der Waals surface area contributed by atoms with E-state index in [0.29, 0.717) is 16.6 Å². The molecule has 24 heavy (non-hydrogen) atoms. The fraction of sp³-hybridized carbons (Fsp3) is 0.294. The molecule has 3 rings (SSSR count). The van der Waals surface area contributed by atoms with Gasteiger partial charge in [0.15, 0.2) is 5.16 Å². The summed E-state index contributed by atoms with van der Waals surface area (Å²) in [5, 5.41) is 0.0102. The number of aromatic nitrogens is 2. The van der Waals surface area contributed by atoms with Gasteiger partial charge < -0.3 is 4.74 Å². The van der Waals surface area contributed by atoms with Gasteiger partial charge in [0, 0.05) is 23.9 Å². The molecule has 6 nitrogen and oxygen atoms in total. The maximum absolute atomic E-state index is 12.7. The molecular formula is C17H17N3O3S. The number of carbonyl (C=O) groups is 2. The Balaban J connectivity index is 1.83. The summed E-state index contributed by atoms with van der Waals surface area (Å²) in [6, 6.07) is 8.79. The van der Waals surface area contributed by atoms with Crippen molar-refractivity contribution >= 4 is 29.3 Å². The van der Waals surface area contributed by atoms with Crippen LogP contribution in [0.4, 0.5) is 5.69 Å². The van der Waals surface area contributed by atoms with Crippen molar-refractivity contribution in [2.75, 3.05) is 12.0 Å². The lowest BCUT2D eigenvalue weighted by Gasteiger charge is -2.15. The molecule has 1 aliphatic rings. The van der Waals surface area contributed by atoms with Gasteiger partial charge in [-0.15, -0.1) is 0 Å². The normalized spacial score (nSPS) is 17.5. The number of hydrogen-bond donors (Lipinski definition) is 0. The van der Waals surface area contributed by atoms with E-state index in [2.05, 4.69) is 9.97 Å². The monoisotopic (exact) mass is 343 g/mol. The molecule has 2 heterocycles. The minimum atomic E-state index is -0.509. The van der Waals surface area contributed by atoms with Crippen LogP contribution >= 0.6 is 11.8 Å². The van der Waals surface area contributed by atoms with Crippen molar-refractivity contribution in [1.82, 2.24) is 9.97 Å². The zero-order chi connectivity index (χ0) is 17.3. The Morgan fingerprint density at radius 3 is 2.54 bits per heavy atom. The molecule has 0 aliphatic carbocycles. The predicted octanol–water partition coefficient (Wildman–Crippen LogP) is 2.53. The van der Waals surface area contributed by atoms with Crippen molar-refractivity contribution in [3.63, 3.8) is 0 Å². The van der Waals surface area contributed by atoms with E-state index in [1.165, 1.54) is 16.7 Å². The third kappa shape index (κ3) is 3.26. The van der Waals surface area contributed by atoms with Gasteiger partial charge in [-0.1, -0.05) is 17.8 Å². The predicted molar refractivity (Wildman–Crippen MR) is 91.3 cm³/mol. The minimum absolute atomic E-state index is 0.136. The molecule has 0 radical (unpaired) electrons. The van der Waals surface area contributed by atoms with Gasteiger partial charge in [-0.2, -0.15) is 0 Å². The van der Waals surface area contributed by atoms with E-state index >= 15 is 0 Å². The smallest absolute Gasteiger partial charge is 0.247 e. The standard InChI is InChI=1S/C17H17N3O3S/c1-10-7-11(2)19-17(18-10)24-14-9-15(21)20(16(14)22)12-5-4-6-13(8-12)23-3/h4-8,14H,9H2,1-3H3/t14-/m0/s1. The number of ether oxygens (including phenoxy) is 1. The van der Waals surface area contributed by atoms with Crippen molar-refractivity contribution in [3.8, 4) is 5.75 Å². The van der Waals surface area contributed by atoms with Crippen LogP contribution in [0.3, 0.4) is 0 Å². The van der Waals surface area contributed by atoms with Gasteiger partial charge in [-0.25, -0.2) is 14.9 Å². The molecule has 1 atom stereocenters. The number of imide groups is 1. The second kappa shape index (κ2) is 6.60. The zero-order valence-corrected chi connectivity index (χ0v) is 14.5. The van der Waals surface area contributed by atoms with E-state index in [0.717, 1.165) is 11.4 Å². The lowest BCUT2D eigenvalue weighted by molar-refractivity contribution is -0.121. The lowest BCUT2D eigenvalue weighted by atomic mass is 10.3. The Morgan fingerprint density at radius 1 is 1.17 bits per heavy atom. The van der Waals surface area contributed by atoms with Gasteiger partial charge in [-0.3, -0.25) is 9.59 Å². The highest BCUT2D eigenvalue weighted by atomic mass is 32.2.